The summed E-state index contributed by atoms with van der Waals surface area (Å²) < 4.78 is 32.9. The second-order valence-electron chi connectivity index (χ2n) is 6.87. The zero-order valence-corrected chi connectivity index (χ0v) is 20.3. The van der Waals surface area contributed by atoms with Gasteiger partial charge in [-0.25, -0.2) is 8.42 Å². The second-order valence-corrected chi connectivity index (χ2v) is 9.55. The van der Waals surface area contributed by atoms with E-state index in [0.717, 1.165) is 6.07 Å². The Labute approximate surface area is 207 Å². The molecule has 0 fully saturated rings. The first-order chi connectivity index (χ1) is 16.2. The fourth-order valence-electron chi connectivity index (χ4n) is 2.99. The summed E-state index contributed by atoms with van der Waals surface area (Å²) in [4.78, 5) is 24.5. The normalized spacial score (nSPS) is 10.9. The molecule has 0 aliphatic carbocycles. The quantitative estimate of drug-likeness (QED) is 0.435. The standard InChI is InChI=1S/C23H21Cl2N3O5S/c1-2-28(16-8-4-3-5-9-16)34(31,32)17-12-13-19(24)18(14-17)23(30)27-26-22(29)15-33-21-11-7-6-10-20(21)25/h3-14H,2,15H2,1H3,(H,26,29)(H,27,30). The van der Waals surface area contributed by atoms with Gasteiger partial charge in [-0.05, 0) is 49.4 Å². The first-order valence-corrected chi connectivity index (χ1v) is 12.3. The first-order valence-electron chi connectivity index (χ1n) is 10.1. The van der Waals surface area contributed by atoms with Crippen LogP contribution in [0.1, 0.15) is 17.3 Å². The number of amides is 2. The van der Waals surface area contributed by atoms with Crippen molar-refractivity contribution < 1.29 is 22.7 Å². The molecule has 178 valence electrons. The molecule has 0 aliphatic rings. The average Bonchev–Trinajstić information content (AvgIpc) is 2.83. The van der Waals surface area contributed by atoms with Crippen molar-refractivity contribution in [2.24, 2.45) is 0 Å². The van der Waals surface area contributed by atoms with Gasteiger partial charge >= 0.3 is 0 Å². The van der Waals surface area contributed by atoms with Gasteiger partial charge in [0.15, 0.2) is 6.61 Å². The number of carbonyl (C=O) groups excluding carboxylic acids is 2. The van der Waals surface area contributed by atoms with Crippen molar-refractivity contribution in [2.75, 3.05) is 17.5 Å². The molecule has 3 aromatic carbocycles. The molecule has 3 aromatic rings. The van der Waals surface area contributed by atoms with Crippen LogP contribution in [0.4, 0.5) is 5.69 Å². The van der Waals surface area contributed by atoms with Gasteiger partial charge in [0, 0.05) is 6.54 Å². The maximum absolute atomic E-state index is 13.2. The predicted octanol–water partition coefficient (Wildman–Crippen LogP) is 4.05. The monoisotopic (exact) mass is 521 g/mol. The van der Waals surface area contributed by atoms with E-state index in [9.17, 15) is 18.0 Å². The number of hydrogen-bond acceptors (Lipinski definition) is 5. The molecule has 2 amide bonds. The number of carbonyl (C=O) groups is 2. The van der Waals surface area contributed by atoms with E-state index in [2.05, 4.69) is 10.9 Å². The van der Waals surface area contributed by atoms with Crippen LogP contribution in [0.15, 0.2) is 77.7 Å². The summed E-state index contributed by atoms with van der Waals surface area (Å²) in [7, 11) is -3.98. The van der Waals surface area contributed by atoms with E-state index in [1.165, 1.54) is 16.4 Å². The Kier molecular flexibility index (Phi) is 8.38. The molecule has 0 aliphatic heterocycles. The Morgan fingerprint density at radius 2 is 1.59 bits per heavy atom. The lowest BCUT2D eigenvalue weighted by molar-refractivity contribution is -0.123. The number of rotatable bonds is 8. The van der Waals surface area contributed by atoms with E-state index in [-0.39, 0.29) is 22.0 Å². The highest BCUT2D eigenvalue weighted by molar-refractivity contribution is 7.92. The minimum Gasteiger partial charge on any atom is -0.482 e. The molecule has 0 unspecified atom stereocenters. The Bertz CT molecular complexity index is 1290. The Morgan fingerprint density at radius 3 is 2.26 bits per heavy atom. The average molecular weight is 522 g/mol. The van der Waals surface area contributed by atoms with E-state index in [0.29, 0.717) is 16.5 Å². The highest BCUT2D eigenvalue weighted by Gasteiger charge is 2.25. The molecule has 3 rings (SSSR count). The van der Waals surface area contributed by atoms with Crippen LogP contribution in [0.5, 0.6) is 5.75 Å². The predicted molar refractivity (Wildman–Crippen MR) is 131 cm³/mol. The minimum absolute atomic E-state index is 0.0146. The van der Waals surface area contributed by atoms with Gasteiger partial charge in [-0.3, -0.25) is 24.7 Å². The fraction of sp³-hybridized carbons (Fsp3) is 0.130. The number of ether oxygens (including phenoxy) is 1. The Morgan fingerprint density at radius 1 is 0.912 bits per heavy atom. The highest BCUT2D eigenvalue weighted by atomic mass is 35.5. The highest BCUT2D eigenvalue weighted by Crippen LogP contribution is 2.26. The van der Waals surface area contributed by atoms with Crippen LogP contribution in [-0.4, -0.2) is 33.4 Å². The molecule has 0 saturated carbocycles. The number of anilines is 1. The van der Waals surface area contributed by atoms with Gasteiger partial charge in [0.2, 0.25) is 0 Å². The van der Waals surface area contributed by atoms with Crippen LogP contribution >= 0.6 is 23.2 Å². The molecule has 0 spiro atoms. The van der Waals surface area contributed by atoms with E-state index in [1.807, 2.05) is 0 Å². The molecular weight excluding hydrogens is 501 g/mol. The molecule has 0 heterocycles. The van der Waals surface area contributed by atoms with E-state index in [1.54, 1.807) is 61.5 Å². The summed E-state index contributed by atoms with van der Waals surface area (Å²) in [6, 6.07) is 19.0. The number of hydrogen-bond donors (Lipinski definition) is 2. The van der Waals surface area contributed by atoms with E-state index < -0.39 is 28.4 Å². The van der Waals surface area contributed by atoms with Crippen LogP contribution < -0.4 is 19.9 Å². The maximum Gasteiger partial charge on any atom is 0.276 e. The molecule has 11 heteroatoms. The third-order valence-electron chi connectivity index (χ3n) is 4.61. The molecule has 8 nitrogen and oxygen atoms in total. The Balaban J connectivity index is 1.71. The number of nitrogens with one attached hydrogen (secondary N) is 2. The topological polar surface area (TPSA) is 105 Å². The lowest BCUT2D eigenvalue weighted by Crippen LogP contribution is -2.44. The van der Waals surface area contributed by atoms with Gasteiger partial charge in [-0.15, -0.1) is 0 Å². The molecule has 34 heavy (non-hydrogen) atoms. The Hall–Kier alpha value is -3.27. The first kappa shape index (κ1) is 25.4. The molecule has 0 atom stereocenters. The van der Waals surface area contributed by atoms with Crippen molar-refractivity contribution in [2.45, 2.75) is 11.8 Å². The number of sulfonamides is 1. The van der Waals surface area contributed by atoms with Gasteiger partial charge in [0.1, 0.15) is 5.75 Å². The summed E-state index contributed by atoms with van der Waals surface area (Å²) in [5.74, 6) is -1.14. The third kappa shape index (κ3) is 5.99. The van der Waals surface area contributed by atoms with Gasteiger partial charge < -0.3 is 4.74 Å². The molecule has 0 saturated heterocycles. The summed E-state index contributed by atoms with van der Waals surface area (Å²) in [6.07, 6.45) is 0. The fourth-order valence-corrected chi connectivity index (χ4v) is 4.88. The zero-order valence-electron chi connectivity index (χ0n) is 18.0. The summed E-state index contributed by atoms with van der Waals surface area (Å²) in [5, 5.41) is 0.349. The number of para-hydroxylation sites is 2. The van der Waals surface area contributed by atoms with E-state index in [4.69, 9.17) is 27.9 Å². The van der Waals surface area contributed by atoms with Crippen LogP contribution in [-0.2, 0) is 14.8 Å². The molecule has 0 bridgehead atoms. The number of benzene rings is 3. The van der Waals surface area contributed by atoms with Crippen LogP contribution in [0.3, 0.4) is 0 Å². The number of halogens is 2. The lowest BCUT2D eigenvalue weighted by Gasteiger charge is -2.23. The largest absolute Gasteiger partial charge is 0.482 e. The van der Waals surface area contributed by atoms with Crippen molar-refractivity contribution in [3.8, 4) is 5.75 Å². The van der Waals surface area contributed by atoms with Crippen molar-refractivity contribution in [3.63, 3.8) is 0 Å². The zero-order chi connectivity index (χ0) is 24.7. The van der Waals surface area contributed by atoms with Crippen molar-refractivity contribution in [1.82, 2.24) is 10.9 Å². The summed E-state index contributed by atoms with van der Waals surface area (Å²) >= 11 is 12.1. The smallest absolute Gasteiger partial charge is 0.276 e. The summed E-state index contributed by atoms with van der Waals surface area (Å²) in [5.41, 5.74) is 4.75. The molecule has 2 N–H and O–H groups in total. The van der Waals surface area contributed by atoms with Gasteiger partial charge in [0.25, 0.3) is 21.8 Å². The van der Waals surface area contributed by atoms with Gasteiger partial charge in [-0.2, -0.15) is 0 Å². The van der Waals surface area contributed by atoms with Crippen molar-refractivity contribution in [3.05, 3.63) is 88.4 Å². The second kappa shape index (κ2) is 11.2. The van der Waals surface area contributed by atoms with E-state index >= 15 is 0 Å². The van der Waals surface area contributed by atoms with Gasteiger partial charge in [-0.1, -0.05) is 53.5 Å². The SMILES string of the molecule is CCN(c1ccccc1)S(=O)(=O)c1ccc(Cl)c(C(=O)NNC(=O)COc2ccccc2Cl)c1. The van der Waals surface area contributed by atoms with Crippen molar-refractivity contribution in [1.29, 1.82) is 0 Å². The molecular formula is C23H21Cl2N3O5S. The lowest BCUT2D eigenvalue weighted by atomic mass is 10.2. The maximum atomic E-state index is 13.2. The minimum atomic E-state index is -3.98. The van der Waals surface area contributed by atoms with Crippen LogP contribution in [0.25, 0.3) is 0 Å². The van der Waals surface area contributed by atoms with Gasteiger partial charge in [0.05, 0.1) is 26.2 Å². The number of nitrogens with zero attached hydrogens (tertiary/aromatic N) is 1. The number of hydrazine groups is 1. The van der Waals surface area contributed by atoms with Crippen molar-refractivity contribution >= 4 is 50.7 Å². The third-order valence-corrected chi connectivity index (χ3v) is 7.15. The van der Waals surface area contributed by atoms with Crippen LogP contribution in [0, 0.1) is 0 Å². The molecule has 0 radical (unpaired) electrons. The molecule has 0 aromatic heterocycles. The summed E-state index contributed by atoms with van der Waals surface area (Å²) in [6.45, 7) is 1.47. The van der Waals surface area contributed by atoms with Crippen LogP contribution in [0.2, 0.25) is 10.0 Å².